The van der Waals surface area contributed by atoms with Crippen molar-refractivity contribution in [2.75, 3.05) is 44.7 Å². The highest BCUT2D eigenvalue weighted by Crippen LogP contribution is 2.38. The molecule has 0 aliphatic carbocycles. The first-order chi connectivity index (χ1) is 14.5. The van der Waals surface area contributed by atoms with E-state index in [4.69, 9.17) is 4.99 Å². The zero-order chi connectivity index (χ0) is 22.4. The van der Waals surface area contributed by atoms with Crippen LogP contribution < -0.4 is 4.90 Å². The number of piperazine rings is 1. The summed E-state index contributed by atoms with van der Waals surface area (Å²) in [5, 5.41) is 0. The minimum atomic E-state index is -4.33. The first-order valence-electron chi connectivity index (χ1n) is 10.9. The number of anilines is 1. The molecule has 0 spiro atoms. The second kappa shape index (κ2) is 7.97. The lowest BCUT2D eigenvalue weighted by Crippen LogP contribution is -2.45. The van der Waals surface area contributed by atoms with E-state index in [0.717, 1.165) is 61.5 Å². The Morgan fingerprint density at radius 2 is 1.52 bits per heavy atom. The molecule has 2 aromatic carbocycles. The molecule has 2 aliphatic heterocycles. The van der Waals surface area contributed by atoms with Crippen LogP contribution in [0.25, 0.3) is 11.1 Å². The van der Waals surface area contributed by atoms with Gasteiger partial charge in [0.2, 0.25) is 0 Å². The van der Waals surface area contributed by atoms with Gasteiger partial charge in [0.25, 0.3) is 0 Å². The van der Waals surface area contributed by atoms with E-state index in [-0.39, 0.29) is 5.41 Å². The molecule has 4 rings (SSSR count). The van der Waals surface area contributed by atoms with Crippen LogP contribution in [-0.2, 0) is 12.6 Å². The minimum Gasteiger partial charge on any atom is -0.369 e. The first-order valence-corrected chi connectivity index (χ1v) is 10.9. The smallest absolute Gasteiger partial charge is 0.369 e. The van der Waals surface area contributed by atoms with Crippen LogP contribution in [0.1, 0.15) is 37.5 Å². The number of hydrogen-bond donors (Lipinski definition) is 0. The first kappa shape index (κ1) is 21.9. The van der Waals surface area contributed by atoms with Crippen molar-refractivity contribution in [3.63, 3.8) is 0 Å². The Kier molecular flexibility index (Phi) is 5.63. The quantitative estimate of drug-likeness (QED) is 0.626. The van der Waals surface area contributed by atoms with E-state index in [1.54, 1.807) is 12.1 Å². The molecule has 6 heteroatoms. The number of halogens is 3. The maximum absolute atomic E-state index is 13.0. The Morgan fingerprint density at radius 3 is 2.10 bits per heavy atom. The summed E-state index contributed by atoms with van der Waals surface area (Å²) in [4.78, 5) is 9.62. The maximum atomic E-state index is 13.0. The van der Waals surface area contributed by atoms with Crippen LogP contribution in [-0.4, -0.2) is 50.4 Å². The zero-order valence-corrected chi connectivity index (χ0v) is 18.7. The third kappa shape index (κ3) is 4.49. The summed E-state index contributed by atoms with van der Waals surface area (Å²) in [7, 11) is 2.13. The summed E-state index contributed by atoms with van der Waals surface area (Å²) in [6.45, 7) is 11.2. The summed E-state index contributed by atoms with van der Waals surface area (Å²) >= 11 is 0. The molecule has 0 unspecified atom stereocenters. The van der Waals surface area contributed by atoms with Crippen LogP contribution in [0.5, 0.6) is 0 Å². The van der Waals surface area contributed by atoms with E-state index in [2.05, 4.69) is 49.8 Å². The Hall–Kier alpha value is -2.34. The van der Waals surface area contributed by atoms with E-state index in [9.17, 15) is 13.2 Å². The fourth-order valence-electron chi connectivity index (χ4n) is 4.48. The third-order valence-electron chi connectivity index (χ3n) is 6.21. The number of nitrogens with zero attached hydrogens (tertiary/aromatic N) is 3. The average Bonchev–Trinajstić information content (AvgIpc) is 2.72. The van der Waals surface area contributed by atoms with Gasteiger partial charge in [-0.2, -0.15) is 13.2 Å². The molecule has 0 amide bonds. The van der Waals surface area contributed by atoms with Crippen molar-refractivity contribution in [3.8, 4) is 11.1 Å². The Morgan fingerprint density at radius 1 is 0.871 bits per heavy atom. The molecule has 0 bridgehead atoms. The summed E-state index contributed by atoms with van der Waals surface area (Å²) in [5.74, 6) is 0. The molecule has 2 aliphatic rings. The van der Waals surface area contributed by atoms with Crippen LogP contribution >= 0.6 is 0 Å². The van der Waals surface area contributed by atoms with Gasteiger partial charge in [0.15, 0.2) is 0 Å². The molecule has 0 aromatic heterocycles. The molecule has 1 fully saturated rings. The van der Waals surface area contributed by atoms with E-state index >= 15 is 0 Å². The van der Waals surface area contributed by atoms with Crippen LogP contribution in [0.3, 0.4) is 0 Å². The van der Waals surface area contributed by atoms with Gasteiger partial charge in [0, 0.05) is 55.1 Å². The topological polar surface area (TPSA) is 18.8 Å². The minimum absolute atomic E-state index is 0.104. The molecule has 0 atom stereocenters. The molecule has 2 heterocycles. The number of likely N-dealkylation sites (N-methyl/N-ethyl adjacent to an activating group) is 1. The molecule has 166 valence electrons. The Balaban J connectivity index is 1.83. The standard InChI is InChI=1S/C25H30F3N3/c1-24(2,3)23-21-15-18(17-5-7-19(8-6-17)25(26,27)28)16-22(20(21)9-10-29-23)31-13-11-30(4)12-14-31/h5-8,15-16H,9-14H2,1-4H3. The predicted molar refractivity (Wildman–Crippen MR) is 121 cm³/mol. The number of alkyl halides is 3. The lowest BCUT2D eigenvalue weighted by Gasteiger charge is -2.37. The van der Waals surface area contributed by atoms with Crippen molar-refractivity contribution in [2.45, 2.75) is 33.4 Å². The molecule has 0 saturated carbocycles. The number of aliphatic imine (C=N–C) groups is 1. The van der Waals surface area contributed by atoms with Gasteiger partial charge in [0.05, 0.1) is 5.56 Å². The van der Waals surface area contributed by atoms with Gasteiger partial charge >= 0.3 is 6.18 Å². The Labute approximate surface area is 182 Å². The number of hydrogen-bond acceptors (Lipinski definition) is 3. The lowest BCUT2D eigenvalue weighted by molar-refractivity contribution is -0.137. The van der Waals surface area contributed by atoms with Gasteiger partial charge in [-0.15, -0.1) is 0 Å². The van der Waals surface area contributed by atoms with Gasteiger partial charge in [-0.3, -0.25) is 4.99 Å². The Bertz CT molecular complexity index is 977. The van der Waals surface area contributed by atoms with Crippen molar-refractivity contribution < 1.29 is 13.2 Å². The third-order valence-corrected chi connectivity index (χ3v) is 6.21. The number of benzene rings is 2. The molecule has 1 saturated heterocycles. The highest BCUT2D eigenvalue weighted by Gasteiger charge is 2.31. The highest BCUT2D eigenvalue weighted by atomic mass is 19.4. The molecular formula is C25H30F3N3. The van der Waals surface area contributed by atoms with Gasteiger partial charge < -0.3 is 9.80 Å². The highest BCUT2D eigenvalue weighted by molar-refractivity contribution is 6.08. The number of rotatable bonds is 2. The lowest BCUT2D eigenvalue weighted by atomic mass is 9.80. The predicted octanol–water partition coefficient (Wildman–Crippen LogP) is 5.52. The second-order valence-electron chi connectivity index (χ2n) is 9.62. The van der Waals surface area contributed by atoms with Gasteiger partial charge in [0.1, 0.15) is 0 Å². The molecule has 3 nitrogen and oxygen atoms in total. The normalized spacial score (nSPS) is 18.0. The van der Waals surface area contributed by atoms with Crippen molar-refractivity contribution in [3.05, 3.63) is 53.1 Å². The van der Waals surface area contributed by atoms with E-state index < -0.39 is 11.7 Å². The molecular weight excluding hydrogens is 399 g/mol. The van der Waals surface area contributed by atoms with Crippen LogP contribution in [0, 0.1) is 5.41 Å². The van der Waals surface area contributed by atoms with E-state index in [0.29, 0.717) is 0 Å². The SMILES string of the molecule is CN1CCN(c2cc(-c3ccc(C(F)(F)F)cc3)cc3c2CCN=C3C(C)(C)C)CC1. The summed E-state index contributed by atoms with van der Waals surface area (Å²) in [5.41, 5.74) is 5.77. The summed E-state index contributed by atoms with van der Waals surface area (Å²) in [6, 6.07) is 9.79. The van der Waals surface area contributed by atoms with Crippen molar-refractivity contribution >= 4 is 11.4 Å². The maximum Gasteiger partial charge on any atom is 0.416 e. The molecule has 2 aromatic rings. The van der Waals surface area contributed by atoms with E-state index in [1.807, 2.05) is 0 Å². The van der Waals surface area contributed by atoms with Crippen LogP contribution in [0.15, 0.2) is 41.4 Å². The van der Waals surface area contributed by atoms with Gasteiger partial charge in [-0.25, -0.2) is 0 Å². The van der Waals surface area contributed by atoms with Crippen LogP contribution in [0.4, 0.5) is 18.9 Å². The van der Waals surface area contributed by atoms with Crippen molar-refractivity contribution in [1.82, 2.24) is 4.90 Å². The van der Waals surface area contributed by atoms with E-state index in [1.165, 1.54) is 23.4 Å². The van der Waals surface area contributed by atoms with Gasteiger partial charge in [-0.1, -0.05) is 32.9 Å². The second-order valence-corrected chi connectivity index (χ2v) is 9.62. The fraction of sp³-hybridized carbons (Fsp3) is 0.480. The summed E-state index contributed by atoms with van der Waals surface area (Å²) in [6.07, 6.45) is -3.44. The zero-order valence-electron chi connectivity index (χ0n) is 18.7. The summed E-state index contributed by atoms with van der Waals surface area (Å²) < 4.78 is 39.1. The largest absolute Gasteiger partial charge is 0.416 e. The van der Waals surface area contributed by atoms with Crippen molar-refractivity contribution in [1.29, 1.82) is 0 Å². The van der Waals surface area contributed by atoms with Crippen LogP contribution in [0.2, 0.25) is 0 Å². The molecule has 0 radical (unpaired) electrons. The monoisotopic (exact) mass is 429 g/mol. The molecule has 0 N–H and O–H groups in total. The van der Waals surface area contributed by atoms with Gasteiger partial charge in [-0.05, 0) is 54.4 Å². The average molecular weight is 430 g/mol. The van der Waals surface area contributed by atoms with Crippen molar-refractivity contribution in [2.24, 2.45) is 10.4 Å². The number of fused-ring (bicyclic) bond motifs is 1. The molecule has 31 heavy (non-hydrogen) atoms. The fourth-order valence-corrected chi connectivity index (χ4v) is 4.48.